The van der Waals surface area contributed by atoms with Gasteiger partial charge in [0.2, 0.25) is 0 Å². The number of aryl methyl sites for hydroxylation is 2. The average molecular weight is 513 g/mol. The maximum atomic E-state index is 12.3. The zero-order valence-corrected chi connectivity index (χ0v) is 22.4. The first-order valence-corrected chi connectivity index (χ1v) is 13.3. The van der Waals surface area contributed by atoms with E-state index in [2.05, 4.69) is 18.4 Å². The van der Waals surface area contributed by atoms with Crippen molar-refractivity contribution >= 4 is 28.7 Å². The zero-order valence-electron chi connectivity index (χ0n) is 22.4. The summed E-state index contributed by atoms with van der Waals surface area (Å²) in [5.41, 5.74) is 12.4. The second kappa shape index (κ2) is 11.9. The van der Waals surface area contributed by atoms with Crippen LogP contribution in [0.1, 0.15) is 66.8 Å². The number of aromatic nitrogens is 2. The van der Waals surface area contributed by atoms with Crippen LogP contribution in [0.4, 0.5) is 10.5 Å². The number of rotatable bonds is 11. The van der Waals surface area contributed by atoms with Crippen molar-refractivity contribution in [2.45, 2.75) is 59.4 Å². The van der Waals surface area contributed by atoms with E-state index in [1.54, 1.807) is 17.0 Å². The molecule has 0 spiro atoms. The van der Waals surface area contributed by atoms with E-state index in [1.165, 1.54) is 0 Å². The van der Waals surface area contributed by atoms with Crippen molar-refractivity contribution in [2.75, 3.05) is 11.4 Å². The Morgan fingerprint density at radius 1 is 1.00 bits per heavy atom. The molecule has 0 saturated carbocycles. The fourth-order valence-corrected chi connectivity index (χ4v) is 4.95. The highest BCUT2D eigenvalue weighted by molar-refractivity contribution is 5.96. The van der Waals surface area contributed by atoms with Crippen LogP contribution in [0.2, 0.25) is 0 Å². The second-order valence-corrected chi connectivity index (χ2v) is 9.74. The molecule has 4 aromatic rings. The number of unbranched alkanes of at least 4 members (excludes halogenated alkanes) is 2. The number of hydrogen-bond acceptors (Lipinski definition) is 3. The van der Waals surface area contributed by atoms with Gasteiger partial charge in [-0.25, -0.2) is 14.6 Å². The van der Waals surface area contributed by atoms with E-state index in [0.29, 0.717) is 18.7 Å². The largest absolute Gasteiger partial charge is 0.478 e. The van der Waals surface area contributed by atoms with E-state index in [4.69, 9.17) is 10.7 Å². The average Bonchev–Trinajstić information content (AvgIpc) is 3.24. The monoisotopic (exact) mass is 512 g/mol. The van der Waals surface area contributed by atoms with Crippen LogP contribution >= 0.6 is 0 Å². The summed E-state index contributed by atoms with van der Waals surface area (Å²) < 4.78 is 2.22. The highest BCUT2D eigenvalue weighted by Crippen LogP contribution is 2.29. The van der Waals surface area contributed by atoms with Crippen LogP contribution in [-0.2, 0) is 13.0 Å². The van der Waals surface area contributed by atoms with Gasteiger partial charge >= 0.3 is 12.0 Å². The summed E-state index contributed by atoms with van der Waals surface area (Å²) in [4.78, 5) is 30.6. The molecule has 1 aromatic heterocycles. The number of hydrogen-bond donors (Lipinski definition) is 2. The molecule has 198 valence electrons. The number of nitrogens with zero attached hydrogens (tertiary/aromatic N) is 3. The van der Waals surface area contributed by atoms with E-state index in [1.807, 2.05) is 55.5 Å². The van der Waals surface area contributed by atoms with Crippen LogP contribution in [0.5, 0.6) is 0 Å². The van der Waals surface area contributed by atoms with Crippen LogP contribution in [0, 0.1) is 6.92 Å². The molecule has 0 aliphatic rings. The minimum atomic E-state index is -0.940. The summed E-state index contributed by atoms with van der Waals surface area (Å²) in [5.74, 6) is 0.0595. The molecule has 0 bridgehead atoms. The minimum absolute atomic E-state index is 0.284. The number of imidazole rings is 1. The van der Waals surface area contributed by atoms with Gasteiger partial charge in [0.15, 0.2) is 0 Å². The van der Waals surface area contributed by atoms with Crippen molar-refractivity contribution in [1.29, 1.82) is 0 Å². The van der Waals surface area contributed by atoms with Crippen molar-refractivity contribution in [3.8, 4) is 11.1 Å². The second-order valence-electron chi connectivity index (χ2n) is 9.74. The van der Waals surface area contributed by atoms with Gasteiger partial charge in [-0.15, -0.1) is 0 Å². The number of carbonyl (C=O) groups is 2. The lowest BCUT2D eigenvalue weighted by atomic mass is 9.99. The van der Waals surface area contributed by atoms with Crippen molar-refractivity contribution < 1.29 is 14.7 Å². The fraction of sp³-hybridized carbons (Fsp3) is 0.323. The highest BCUT2D eigenvalue weighted by atomic mass is 16.4. The van der Waals surface area contributed by atoms with Gasteiger partial charge in [0.05, 0.1) is 16.6 Å². The fourth-order valence-electron chi connectivity index (χ4n) is 4.95. The smallest absolute Gasteiger partial charge is 0.336 e. The number of amides is 2. The van der Waals surface area contributed by atoms with E-state index in [9.17, 15) is 14.7 Å². The number of benzene rings is 3. The molecule has 0 unspecified atom stereocenters. The molecular weight excluding hydrogens is 476 g/mol. The lowest BCUT2D eigenvalue weighted by Crippen LogP contribution is -2.36. The number of fused-ring (bicyclic) bond motifs is 1. The number of urea groups is 1. The maximum absolute atomic E-state index is 12.3. The molecule has 3 aromatic carbocycles. The molecule has 38 heavy (non-hydrogen) atoms. The first-order valence-electron chi connectivity index (χ1n) is 13.3. The van der Waals surface area contributed by atoms with E-state index < -0.39 is 12.0 Å². The van der Waals surface area contributed by atoms with Gasteiger partial charge in [-0.2, -0.15) is 0 Å². The Morgan fingerprint density at radius 3 is 2.39 bits per heavy atom. The van der Waals surface area contributed by atoms with E-state index in [0.717, 1.165) is 71.3 Å². The van der Waals surface area contributed by atoms with Crippen LogP contribution in [0.3, 0.4) is 0 Å². The number of carboxylic acid groups (broad SMARTS) is 1. The molecule has 0 radical (unpaired) electrons. The quantitative estimate of drug-likeness (QED) is 0.216. The van der Waals surface area contributed by atoms with Gasteiger partial charge in [0.25, 0.3) is 0 Å². The number of carbonyl (C=O) groups excluding carboxylic acids is 1. The third-order valence-corrected chi connectivity index (χ3v) is 6.91. The summed E-state index contributed by atoms with van der Waals surface area (Å²) in [6.07, 6.45) is 4.80. The SMILES string of the molecule is CCCCCN(C(N)=O)c1cc(C)c2nc(CCC)n(Cc3ccc(-c4ccccc4C(=O)O)cc3)c2c1. The van der Waals surface area contributed by atoms with Gasteiger partial charge in [0, 0.05) is 25.2 Å². The Labute approximate surface area is 223 Å². The molecule has 0 aliphatic carbocycles. The minimum Gasteiger partial charge on any atom is -0.478 e. The third-order valence-electron chi connectivity index (χ3n) is 6.91. The maximum Gasteiger partial charge on any atom is 0.336 e. The Balaban J connectivity index is 1.72. The molecule has 0 atom stereocenters. The number of aromatic carboxylic acids is 1. The molecule has 0 aliphatic heterocycles. The van der Waals surface area contributed by atoms with E-state index in [-0.39, 0.29) is 5.56 Å². The topological polar surface area (TPSA) is 101 Å². The van der Waals surface area contributed by atoms with Crippen LogP contribution in [0.25, 0.3) is 22.2 Å². The van der Waals surface area contributed by atoms with Crippen LogP contribution < -0.4 is 10.6 Å². The summed E-state index contributed by atoms with van der Waals surface area (Å²) in [5, 5.41) is 9.57. The number of nitrogens with two attached hydrogens (primary N) is 1. The Bertz CT molecular complexity index is 1440. The predicted molar refractivity (Wildman–Crippen MR) is 153 cm³/mol. The van der Waals surface area contributed by atoms with E-state index >= 15 is 0 Å². The summed E-state index contributed by atoms with van der Waals surface area (Å²) in [7, 11) is 0. The van der Waals surface area contributed by atoms with Crippen molar-refractivity contribution in [3.63, 3.8) is 0 Å². The molecule has 1 heterocycles. The summed E-state index contributed by atoms with van der Waals surface area (Å²) in [6.45, 7) is 7.50. The lowest BCUT2D eigenvalue weighted by Gasteiger charge is -2.21. The molecule has 0 fully saturated rings. The van der Waals surface area contributed by atoms with Gasteiger partial charge in [-0.1, -0.05) is 69.2 Å². The highest BCUT2D eigenvalue weighted by Gasteiger charge is 2.19. The Hall–Kier alpha value is -4.13. The molecule has 3 N–H and O–H groups in total. The number of primary amides is 1. The normalized spacial score (nSPS) is 11.1. The van der Waals surface area contributed by atoms with Gasteiger partial charge in [-0.05, 0) is 60.2 Å². The Morgan fingerprint density at radius 2 is 1.74 bits per heavy atom. The predicted octanol–water partition coefficient (Wildman–Crippen LogP) is 6.79. The molecular formula is C31H36N4O3. The third kappa shape index (κ3) is 5.72. The molecule has 2 amide bonds. The summed E-state index contributed by atoms with van der Waals surface area (Å²) in [6, 6.07) is 18.6. The van der Waals surface area contributed by atoms with Crippen LogP contribution in [0.15, 0.2) is 60.7 Å². The van der Waals surface area contributed by atoms with Crippen molar-refractivity contribution in [1.82, 2.24) is 9.55 Å². The zero-order chi connectivity index (χ0) is 27.2. The number of anilines is 1. The first-order chi connectivity index (χ1) is 18.3. The van der Waals surface area contributed by atoms with Crippen molar-refractivity contribution in [2.24, 2.45) is 5.73 Å². The van der Waals surface area contributed by atoms with Crippen LogP contribution in [-0.4, -0.2) is 33.2 Å². The summed E-state index contributed by atoms with van der Waals surface area (Å²) >= 11 is 0. The molecule has 7 heteroatoms. The first kappa shape index (κ1) is 26.9. The lowest BCUT2D eigenvalue weighted by molar-refractivity contribution is 0.0697. The molecule has 4 rings (SSSR count). The van der Waals surface area contributed by atoms with Gasteiger partial charge < -0.3 is 15.4 Å². The molecule has 7 nitrogen and oxygen atoms in total. The van der Waals surface area contributed by atoms with Crippen molar-refractivity contribution in [3.05, 3.63) is 83.2 Å². The standard InChI is InChI=1S/C31H36N4O3/c1-4-6-9-17-34(31(32)38)24-18-21(3)29-27(19-24)35(28(33-29)10-5-2)20-22-13-15-23(16-14-22)25-11-7-8-12-26(25)30(36)37/h7-8,11-16,18-19H,4-6,9-10,17,20H2,1-3H3,(H2,32,38)(H,36,37). The van der Waals surface area contributed by atoms with Gasteiger partial charge in [-0.3, -0.25) is 4.90 Å². The Kier molecular flexibility index (Phi) is 8.46. The van der Waals surface area contributed by atoms with Gasteiger partial charge in [0.1, 0.15) is 5.82 Å². The number of carboxylic acids is 1. The molecule has 0 saturated heterocycles.